The molecular weight excluding hydrogens is 283 g/mol. The standard InChI is InChI=1S/C13H16F3N5/c1-9-10(5-4-6-11(9)17)12-18-19-20-21(12)8-3-2-7-13(14,15)16/h4-6H,2-3,7-8,17H2,1H3. The van der Waals surface area contributed by atoms with E-state index in [9.17, 15) is 13.2 Å². The highest BCUT2D eigenvalue weighted by atomic mass is 19.4. The van der Waals surface area contributed by atoms with E-state index in [2.05, 4.69) is 15.5 Å². The van der Waals surface area contributed by atoms with E-state index in [1.807, 2.05) is 13.0 Å². The van der Waals surface area contributed by atoms with Crippen molar-refractivity contribution >= 4 is 5.69 Å². The molecule has 1 heterocycles. The Morgan fingerprint density at radius 3 is 2.71 bits per heavy atom. The molecule has 5 nitrogen and oxygen atoms in total. The molecule has 0 fully saturated rings. The summed E-state index contributed by atoms with van der Waals surface area (Å²) in [6, 6.07) is 5.40. The number of benzene rings is 1. The Hall–Kier alpha value is -2.12. The zero-order valence-corrected chi connectivity index (χ0v) is 11.6. The molecule has 0 radical (unpaired) electrons. The van der Waals surface area contributed by atoms with Crippen LogP contribution in [0.4, 0.5) is 18.9 Å². The number of hydrogen-bond acceptors (Lipinski definition) is 4. The fourth-order valence-corrected chi connectivity index (χ4v) is 2.03. The highest BCUT2D eigenvalue weighted by Crippen LogP contribution is 2.26. The van der Waals surface area contributed by atoms with Crippen LogP contribution in [0.15, 0.2) is 18.2 Å². The van der Waals surface area contributed by atoms with E-state index in [0.29, 0.717) is 24.5 Å². The summed E-state index contributed by atoms with van der Waals surface area (Å²) < 4.78 is 37.8. The summed E-state index contributed by atoms with van der Waals surface area (Å²) in [6.45, 7) is 2.19. The lowest BCUT2D eigenvalue weighted by molar-refractivity contribution is -0.135. The van der Waals surface area contributed by atoms with Gasteiger partial charge in [-0.2, -0.15) is 13.2 Å². The molecule has 114 valence electrons. The lowest BCUT2D eigenvalue weighted by atomic mass is 10.1. The van der Waals surface area contributed by atoms with E-state index in [1.54, 1.807) is 12.1 Å². The molecule has 8 heteroatoms. The second-order valence-corrected chi connectivity index (χ2v) is 4.82. The maximum absolute atomic E-state index is 12.1. The van der Waals surface area contributed by atoms with Crippen molar-refractivity contribution in [3.05, 3.63) is 23.8 Å². The number of nitrogens with two attached hydrogens (primary N) is 1. The van der Waals surface area contributed by atoms with Gasteiger partial charge in [-0.1, -0.05) is 12.1 Å². The number of rotatable bonds is 5. The van der Waals surface area contributed by atoms with Gasteiger partial charge in [0.05, 0.1) is 0 Å². The molecule has 0 aliphatic heterocycles. The number of aromatic nitrogens is 4. The van der Waals surface area contributed by atoms with Gasteiger partial charge in [-0.3, -0.25) is 0 Å². The quantitative estimate of drug-likeness (QED) is 0.680. The van der Waals surface area contributed by atoms with Crippen LogP contribution < -0.4 is 5.73 Å². The Bertz CT molecular complexity index is 606. The van der Waals surface area contributed by atoms with Crippen molar-refractivity contribution < 1.29 is 13.2 Å². The number of hydrogen-bond donors (Lipinski definition) is 1. The molecule has 2 rings (SSSR count). The number of nitrogen functional groups attached to an aromatic ring is 1. The summed E-state index contributed by atoms with van der Waals surface area (Å²) in [4.78, 5) is 0. The van der Waals surface area contributed by atoms with Gasteiger partial charge in [0.2, 0.25) is 0 Å². The van der Waals surface area contributed by atoms with Crippen LogP contribution in [0, 0.1) is 6.92 Å². The number of alkyl halides is 3. The molecule has 0 saturated heterocycles. The smallest absolute Gasteiger partial charge is 0.389 e. The Morgan fingerprint density at radius 1 is 1.24 bits per heavy atom. The van der Waals surface area contributed by atoms with Gasteiger partial charge >= 0.3 is 6.18 Å². The first-order chi connectivity index (χ1) is 9.88. The predicted octanol–water partition coefficient (Wildman–Crippen LogP) is 2.96. The van der Waals surface area contributed by atoms with Crippen molar-refractivity contribution in [2.45, 2.75) is 38.9 Å². The average Bonchev–Trinajstić information content (AvgIpc) is 2.85. The molecule has 1 aromatic carbocycles. The van der Waals surface area contributed by atoms with Crippen molar-refractivity contribution in [1.29, 1.82) is 0 Å². The highest BCUT2D eigenvalue weighted by molar-refractivity contribution is 5.67. The van der Waals surface area contributed by atoms with Gasteiger partial charge in [0.25, 0.3) is 0 Å². The van der Waals surface area contributed by atoms with Crippen LogP contribution in [0.2, 0.25) is 0 Å². The zero-order valence-electron chi connectivity index (χ0n) is 11.6. The summed E-state index contributed by atoms with van der Waals surface area (Å²) >= 11 is 0. The van der Waals surface area contributed by atoms with Crippen molar-refractivity contribution in [2.75, 3.05) is 5.73 Å². The number of aryl methyl sites for hydroxylation is 1. The molecule has 2 N–H and O–H groups in total. The van der Waals surface area contributed by atoms with Gasteiger partial charge in [-0.25, -0.2) is 4.68 Å². The summed E-state index contributed by atoms with van der Waals surface area (Å²) in [6.07, 6.45) is -4.49. The summed E-state index contributed by atoms with van der Waals surface area (Å²) in [7, 11) is 0. The molecule has 0 saturated carbocycles. The number of anilines is 1. The normalized spacial score (nSPS) is 11.8. The van der Waals surface area contributed by atoms with Gasteiger partial charge in [-0.05, 0) is 41.8 Å². The van der Waals surface area contributed by atoms with Crippen LogP contribution in [0.25, 0.3) is 11.4 Å². The summed E-state index contributed by atoms with van der Waals surface area (Å²) in [5, 5.41) is 11.4. The zero-order chi connectivity index (χ0) is 15.5. The fraction of sp³-hybridized carbons (Fsp3) is 0.462. The summed E-state index contributed by atoms with van der Waals surface area (Å²) in [5.41, 5.74) is 8.11. The minimum Gasteiger partial charge on any atom is -0.398 e. The predicted molar refractivity (Wildman–Crippen MR) is 72.3 cm³/mol. The fourth-order valence-electron chi connectivity index (χ4n) is 2.03. The van der Waals surface area contributed by atoms with E-state index in [0.717, 1.165) is 11.1 Å². The lowest BCUT2D eigenvalue weighted by Gasteiger charge is -2.09. The lowest BCUT2D eigenvalue weighted by Crippen LogP contribution is -2.09. The van der Waals surface area contributed by atoms with Crippen molar-refractivity contribution in [3.63, 3.8) is 0 Å². The van der Waals surface area contributed by atoms with E-state index < -0.39 is 12.6 Å². The molecule has 2 aromatic rings. The van der Waals surface area contributed by atoms with Crippen molar-refractivity contribution in [2.24, 2.45) is 0 Å². The molecule has 0 atom stereocenters. The van der Waals surface area contributed by atoms with E-state index in [-0.39, 0.29) is 6.42 Å². The third-order valence-corrected chi connectivity index (χ3v) is 3.23. The molecule has 0 unspecified atom stereocenters. The van der Waals surface area contributed by atoms with E-state index >= 15 is 0 Å². The molecule has 0 aliphatic carbocycles. The second kappa shape index (κ2) is 6.11. The molecular formula is C13H16F3N5. The van der Waals surface area contributed by atoms with Gasteiger partial charge in [-0.15, -0.1) is 5.10 Å². The maximum Gasteiger partial charge on any atom is 0.389 e. The first-order valence-corrected chi connectivity index (χ1v) is 6.57. The monoisotopic (exact) mass is 299 g/mol. The maximum atomic E-state index is 12.1. The van der Waals surface area contributed by atoms with Gasteiger partial charge < -0.3 is 5.73 Å². The van der Waals surface area contributed by atoms with Gasteiger partial charge in [0.1, 0.15) is 0 Å². The molecule has 0 amide bonds. The number of nitrogens with zero attached hydrogens (tertiary/aromatic N) is 4. The van der Waals surface area contributed by atoms with Crippen LogP contribution in [-0.2, 0) is 6.54 Å². The third-order valence-electron chi connectivity index (χ3n) is 3.23. The minimum atomic E-state index is -4.12. The first-order valence-electron chi connectivity index (χ1n) is 6.57. The van der Waals surface area contributed by atoms with E-state index in [4.69, 9.17) is 5.73 Å². The van der Waals surface area contributed by atoms with Crippen molar-refractivity contribution in [1.82, 2.24) is 20.2 Å². The van der Waals surface area contributed by atoms with Gasteiger partial charge in [0, 0.05) is 24.2 Å². The average molecular weight is 299 g/mol. The Kier molecular flexibility index (Phi) is 4.44. The summed E-state index contributed by atoms with van der Waals surface area (Å²) in [5.74, 6) is 0.520. The third kappa shape index (κ3) is 3.93. The van der Waals surface area contributed by atoms with Crippen molar-refractivity contribution in [3.8, 4) is 11.4 Å². The SMILES string of the molecule is Cc1c(N)cccc1-c1nnnn1CCCCC(F)(F)F. The Balaban J connectivity index is 2.07. The first kappa shape index (κ1) is 15.3. The number of unbranched alkanes of at least 4 members (excludes halogenated alkanes) is 1. The Morgan fingerprint density at radius 2 is 2.00 bits per heavy atom. The van der Waals surface area contributed by atoms with Crippen LogP contribution in [0.1, 0.15) is 24.8 Å². The van der Waals surface area contributed by atoms with E-state index in [1.165, 1.54) is 4.68 Å². The van der Waals surface area contributed by atoms with Crippen LogP contribution >= 0.6 is 0 Å². The molecule has 0 aliphatic rings. The number of tetrazole rings is 1. The highest BCUT2D eigenvalue weighted by Gasteiger charge is 2.26. The van der Waals surface area contributed by atoms with Crippen LogP contribution in [0.3, 0.4) is 0 Å². The molecule has 21 heavy (non-hydrogen) atoms. The van der Waals surface area contributed by atoms with Crippen LogP contribution in [0.5, 0.6) is 0 Å². The number of halogens is 3. The second-order valence-electron chi connectivity index (χ2n) is 4.82. The molecule has 0 spiro atoms. The molecule has 1 aromatic heterocycles. The largest absolute Gasteiger partial charge is 0.398 e. The topological polar surface area (TPSA) is 69.6 Å². The van der Waals surface area contributed by atoms with Gasteiger partial charge in [0.15, 0.2) is 5.82 Å². The Labute approximate surface area is 119 Å². The minimum absolute atomic E-state index is 0.0543. The molecule has 0 bridgehead atoms. The van der Waals surface area contributed by atoms with Crippen LogP contribution in [-0.4, -0.2) is 26.4 Å².